The lowest BCUT2D eigenvalue weighted by atomic mass is 10.1. The van der Waals surface area contributed by atoms with E-state index in [4.69, 9.17) is 11.6 Å². The van der Waals surface area contributed by atoms with Crippen LogP contribution in [0, 0.1) is 0 Å². The van der Waals surface area contributed by atoms with E-state index in [2.05, 4.69) is 17.2 Å². The van der Waals surface area contributed by atoms with E-state index in [1.807, 2.05) is 0 Å². The van der Waals surface area contributed by atoms with Crippen LogP contribution in [0.4, 0.5) is 0 Å². The van der Waals surface area contributed by atoms with Crippen LogP contribution in [0.2, 0.25) is 5.02 Å². The number of unbranched alkanes of at least 4 members (excludes halogenated alkanes) is 9. The van der Waals surface area contributed by atoms with Gasteiger partial charge in [0, 0.05) is 18.9 Å². The molecule has 0 unspecified atom stereocenters. The predicted octanol–water partition coefficient (Wildman–Crippen LogP) is 5.39. The van der Waals surface area contributed by atoms with Gasteiger partial charge in [-0.3, -0.25) is 9.78 Å². The second kappa shape index (κ2) is 12.5. The molecule has 1 amide bonds. The van der Waals surface area contributed by atoms with E-state index in [0.717, 1.165) is 6.42 Å². The minimum Gasteiger partial charge on any atom is -0.352 e. The van der Waals surface area contributed by atoms with Gasteiger partial charge < -0.3 is 5.32 Å². The number of hydrogen-bond acceptors (Lipinski definition) is 2. The highest BCUT2D eigenvalue weighted by Gasteiger charge is 2.08. The van der Waals surface area contributed by atoms with Crippen molar-refractivity contribution in [1.82, 2.24) is 10.3 Å². The first-order chi connectivity index (χ1) is 10.8. The molecule has 4 heteroatoms. The van der Waals surface area contributed by atoms with Crippen molar-refractivity contribution < 1.29 is 4.79 Å². The van der Waals surface area contributed by atoms with Gasteiger partial charge in [-0.25, -0.2) is 0 Å². The molecule has 0 bridgehead atoms. The molecule has 1 rings (SSSR count). The summed E-state index contributed by atoms with van der Waals surface area (Å²) in [4.78, 5) is 15.8. The number of nitrogens with zero attached hydrogens (tertiary/aromatic N) is 1. The van der Waals surface area contributed by atoms with Crippen molar-refractivity contribution in [2.75, 3.05) is 6.54 Å². The smallest absolute Gasteiger partial charge is 0.252 e. The average molecular weight is 325 g/mol. The molecule has 0 radical (unpaired) electrons. The van der Waals surface area contributed by atoms with Crippen molar-refractivity contribution in [2.45, 2.75) is 71.1 Å². The molecule has 0 aliphatic carbocycles. The van der Waals surface area contributed by atoms with Gasteiger partial charge in [-0.2, -0.15) is 0 Å². The molecule has 1 aromatic heterocycles. The fourth-order valence-electron chi connectivity index (χ4n) is 2.47. The number of aromatic nitrogens is 1. The standard InChI is InChI=1S/C18H29ClN2O/c1-2-3-4-5-6-7-8-9-10-11-13-21-18(22)16-12-14-20-15-17(16)19/h12,14-15H,2-11,13H2,1H3,(H,21,22). The van der Waals surface area contributed by atoms with Crippen molar-refractivity contribution in [3.05, 3.63) is 29.0 Å². The molecule has 0 aliphatic rings. The van der Waals surface area contributed by atoms with E-state index in [9.17, 15) is 4.79 Å². The van der Waals surface area contributed by atoms with Crippen LogP contribution in [0.1, 0.15) is 81.5 Å². The number of hydrogen-bond donors (Lipinski definition) is 1. The Morgan fingerprint density at radius 2 is 1.64 bits per heavy atom. The summed E-state index contributed by atoms with van der Waals surface area (Å²) in [5.41, 5.74) is 0.503. The molecule has 22 heavy (non-hydrogen) atoms. The predicted molar refractivity (Wildman–Crippen MR) is 93.4 cm³/mol. The van der Waals surface area contributed by atoms with Gasteiger partial charge in [0.2, 0.25) is 0 Å². The van der Waals surface area contributed by atoms with Crippen LogP contribution in [-0.2, 0) is 0 Å². The van der Waals surface area contributed by atoms with Crippen LogP contribution < -0.4 is 5.32 Å². The number of carbonyl (C=O) groups excluding carboxylic acids is 1. The first-order valence-corrected chi connectivity index (χ1v) is 9.01. The lowest BCUT2D eigenvalue weighted by Gasteiger charge is -2.06. The maximum absolute atomic E-state index is 11.9. The molecule has 1 aromatic rings. The highest BCUT2D eigenvalue weighted by molar-refractivity contribution is 6.33. The van der Waals surface area contributed by atoms with Crippen LogP contribution in [0.5, 0.6) is 0 Å². The second-order valence-electron chi connectivity index (χ2n) is 5.79. The van der Waals surface area contributed by atoms with Gasteiger partial charge in [-0.1, -0.05) is 76.3 Å². The number of pyridine rings is 1. The highest BCUT2D eigenvalue weighted by Crippen LogP contribution is 2.13. The molecule has 0 aromatic carbocycles. The van der Waals surface area contributed by atoms with E-state index in [1.54, 1.807) is 12.3 Å². The Morgan fingerprint density at radius 1 is 1.05 bits per heavy atom. The maximum atomic E-state index is 11.9. The van der Waals surface area contributed by atoms with Crippen LogP contribution in [0.25, 0.3) is 0 Å². The van der Waals surface area contributed by atoms with Gasteiger partial charge in [-0.05, 0) is 12.5 Å². The molecule has 1 N–H and O–H groups in total. The Morgan fingerprint density at radius 3 is 2.23 bits per heavy atom. The van der Waals surface area contributed by atoms with Crippen molar-refractivity contribution in [3.63, 3.8) is 0 Å². The fraction of sp³-hybridized carbons (Fsp3) is 0.667. The summed E-state index contributed by atoms with van der Waals surface area (Å²) in [5, 5.41) is 3.32. The molecule has 124 valence electrons. The molecule has 0 atom stereocenters. The lowest BCUT2D eigenvalue weighted by molar-refractivity contribution is 0.0953. The molecular formula is C18H29ClN2O. The van der Waals surface area contributed by atoms with Crippen LogP contribution in [0.15, 0.2) is 18.5 Å². The number of carbonyl (C=O) groups is 1. The summed E-state index contributed by atoms with van der Waals surface area (Å²) >= 11 is 5.94. The third-order valence-electron chi connectivity index (χ3n) is 3.83. The van der Waals surface area contributed by atoms with E-state index in [0.29, 0.717) is 17.1 Å². The quantitative estimate of drug-likeness (QED) is 0.524. The fourth-order valence-corrected chi connectivity index (χ4v) is 2.67. The second-order valence-corrected chi connectivity index (χ2v) is 6.20. The Hall–Kier alpha value is -1.09. The summed E-state index contributed by atoms with van der Waals surface area (Å²) in [7, 11) is 0. The lowest BCUT2D eigenvalue weighted by Crippen LogP contribution is -2.24. The third-order valence-corrected chi connectivity index (χ3v) is 4.13. The first-order valence-electron chi connectivity index (χ1n) is 8.63. The molecule has 0 spiro atoms. The number of halogens is 1. The van der Waals surface area contributed by atoms with E-state index >= 15 is 0 Å². The molecule has 3 nitrogen and oxygen atoms in total. The maximum Gasteiger partial charge on any atom is 0.252 e. The molecule has 1 heterocycles. The largest absolute Gasteiger partial charge is 0.352 e. The Labute approximate surface area is 139 Å². The molecule has 0 saturated heterocycles. The molecule has 0 fully saturated rings. The molecule has 0 aliphatic heterocycles. The van der Waals surface area contributed by atoms with Crippen LogP contribution >= 0.6 is 11.6 Å². The van der Waals surface area contributed by atoms with Crippen molar-refractivity contribution in [3.8, 4) is 0 Å². The van der Waals surface area contributed by atoms with E-state index in [-0.39, 0.29) is 5.91 Å². The monoisotopic (exact) mass is 324 g/mol. The van der Waals surface area contributed by atoms with Gasteiger partial charge in [0.1, 0.15) is 0 Å². The normalized spacial score (nSPS) is 10.6. The first kappa shape index (κ1) is 19.0. The van der Waals surface area contributed by atoms with Crippen LogP contribution in [0.3, 0.4) is 0 Å². The van der Waals surface area contributed by atoms with E-state index in [1.165, 1.54) is 64.0 Å². The van der Waals surface area contributed by atoms with Crippen molar-refractivity contribution in [2.24, 2.45) is 0 Å². The van der Waals surface area contributed by atoms with Crippen molar-refractivity contribution >= 4 is 17.5 Å². The Balaban J connectivity index is 1.95. The van der Waals surface area contributed by atoms with E-state index < -0.39 is 0 Å². The zero-order valence-electron chi connectivity index (χ0n) is 13.7. The minimum absolute atomic E-state index is 0.108. The Kier molecular flexibility index (Phi) is 10.7. The highest BCUT2D eigenvalue weighted by atomic mass is 35.5. The SMILES string of the molecule is CCCCCCCCCCCCNC(=O)c1ccncc1Cl. The minimum atomic E-state index is -0.108. The van der Waals surface area contributed by atoms with Gasteiger partial charge in [0.15, 0.2) is 0 Å². The number of rotatable bonds is 12. The summed E-state index contributed by atoms with van der Waals surface area (Å²) in [6, 6.07) is 1.65. The van der Waals surface area contributed by atoms with Crippen molar-refractivity contribution in [1.29, 1.82) is 0 Å². The van der Waals surface area contributed by atoms with Gasteiger partial charge >= 0.3 is 0 Å². The van der Waals surface area contributed by atoms with Crippen LogP contribution in [-0.4, -0.2) is 17.4 Å². The number of amides is 1. The summed E-state index contributed by atoms with van der Waals surface area (Å²) < 4.78 is 0. The zero-order chi connectivity index (χ0) is 16.0. The summed E-state index contributed by atoms with van der Waals surface area (Å²) in [5.74, 6) is -0.108. The van der Waals surface area contributed by atoms with Gasteiger partial charge in [0.05, 0.1) is 10.6 Å². The average Bonchev–Trinajstić information content (AvgIpc) is 2.53. The summed E-state index contributed by atoms with van der Waals surface area (Å²) in [6.07, 6.45) is 16.1. The third kappa shape index (κ3) is 8.38. The summed E-state index contributed by atoms with van der Waals surface area (Å²) in [6.45, 7) is 2.97. The van der Waals surface area contributed by atoms with Gasteiger partial charge in [0.25, 0.3) is 5.91 Å². The Bertz CT molecular complexity index is 423. The molecular weight excluding hydrogens is 296 g/mol. The zero-order valence-corrected chi connectivity index (χ0v) is 14.5. The molecule has 0 saturated carbocycles. The van der Waals surface area contributed by atoms with Gasteiger partial charge in [-0.15, -0.1) is 0 Å². The number of nitrogens with one attached hydrogen (secondary N) is 1. The topological polar surface area (TPSA) is 42.0 Å².